The lowest BCUT2D eigenvalue weighted by Gasteiger charge is -2.17. The molecule has 0 aliphatic rings. The molecule has 0 bridgehead atoms. The Morgan fingerprint density at radius 2 is 1.59 bits per heavy atom. The molecule has 0 fully saturated rings. The summed E-state index contributed by atoms with van der Waals surface area (Å²) in [6, 6.07) is 1.63. The number of hydrogen-bond acceptors (Lipinski definition) is 1. The molecule has 1 rings (SSSR count). The Morgan fingerprint density at radius 3 is 1.94 bits per heavy atom. The summed E-state index contributed by atoms with van der Waals surface area (Å²) in [7, 11) is 0. The van der Waals surface area contributed by atoms with Crippen LogP contribution in [0.2, 0.25) is 0 Å². The molecule has 96 valence electrons. The fraction of sp³-hybridized carbons (Fsp3) is 0.400. The fourth-order valence-electron chi connectivity index (χ4n) is 1.25. The highest BCUT2D eigenvalue weighted by molar-refractivity contribution is 5.39. The van der Waals surface area contributed by atoms with Gasteiger partial charge in [-0.3, -0.25) is 0 Å². The number of aromatic hydroxyl groups is 1. The molecule has 1 unspecified atom stereocenters. The topological polar surface area (TPSA) is 20.2 Å². The minimum absolute atomic E-state index is 0.414. The monoisotopic (exact) mass is 258 g/mol. The Hall–Kier alpha value is -1.40. The van der Waals surface area contributed by atoms with Crippen molar-refractivity contribution in [1.29, 1.82) is 0 Å². The lowest BCUT2D eigenvalue weighted by Crippen LogP contribution is -2.18. The third-order valence-corrected chi connectivity index (χ3v) is 2.32. The van der Waals surface area contributed by atoms with Gasteiger partial charge in [-0.25, -0.2) is 0 Å². The SMILES string of the molecule is CC(c1ccc(C(F)(F)F)c(O)c1)C(F)(F)F. The van der Waals surface area contributed by atoms with E-state index < -0.39 is 35.1 Å². The highest BCUT2D eigenvalue weighted by atomic mass is 19.4. The molecule has 17 heavy (non-hydrogen) atoms. The molecule has 1 atom stereocenters. The van der Waals surface area contributed by atoms with Crippen molar-refractivity contribution in [2.45, 2.75) is 25.2 Å². The van der Waals surface area contributed by atoms with Gasteiger partial charge in [0.15, 0.2) is 0 Å². The summed E-state index contributed by atoms with van der Waals surface area (Å²) in [5.74, 6) is -3.14. The predicted octanol–water partition coefficient (Wildman–Crippen LogP) is 4.08. The normalized spacial score (nSPS) is 14.8. The lowest BCUT2D eigenvalue weighted by molar-refractivity contribution is -0.146. The molecule has 1 nitrogen and oxygen atoms in total. The summed E-state index contributed by atoms with van der Waals surface area (Å²) < 4.78 is 73.6. The molecule has 0 saturated carbocycles. The van der Waals surface area contributed by atoms with Crippen LogP contribution in [0.1, 0.15) is 24.0 Å². The molecule has 1 N–H and O–H groups in total. The van der Waals surface area contributed by atoms with E-state index in [2.05, 4.69) is 0 Å². The number of benzene rings is 1. The number of hydrogen-bond donors (Lipinski definition) is 1. The van der Waals surface area contributed by atoms with Gasteiger partial charge >= 0.3 is 12.4 Å². The molecule has 1 aromatic carbocycles. The second-order valence-electron chi connectivity index (χ2n) is 3.54. The van der Waals surface area contributed by atoms with Gasteiger partial charge < -0.3 is 5.11 Å². The van der Waals surface area contributed by atoms with Gasteiger partial charge in [-0.2, -0.15) is 26.3 Å². The van der Waals surface area contributed by atoms with Crippen LogP contribution in [0.5, 0.6) is 5.75 Å². The van der Waals surface area contributed by atoms with Gasteiger partial charge in [-0.15, -0.1) is 0 Å². The van der Waals surface area contributed by atoms with Gasteiger partial charge in [-0.05, 0) is 24.6 Å². The van der Waals surface area contributed by atoms with E-state index in [0.717, 1.165) is 6.92 Å². The van der Waals surface area contributed by atoms with E-state index in [0.29, 0.717) is 18.2 Å². The van der Waals surface area contributed by atoms with Crippen molar-refractivity contribution in [3.8, 4) is 5.75 Å². The Kier molecular flexibility index (Phi) is 3.31. The van der Waals surface area contributed by atoms with Crippen molar-refractivity contribution in [3.63, 3.8) is 0 Å². The Morgan fingerprint density at radius 1 is 1.06 bits per heavy atom. The second kappa shape index (κ2) is 4.12. The molecule has 0 heterocycles. The van der Waals surface area contributed by atoms with Crippen molar-refractivity contribution < 1.29 is 31.4 Å². The van der Waals surface area contributed by atoms with Gasteiger partial charge in [0.25, 0.3) is 0 Å². The molecule has 0 aliphatic heterocycles. The van der Waals surface area contributed by atoms with Gasteiger partial charge in [-0.1, -0.05) is 6.07 Å². The fourth-order valence-corrected chi connectivity index (χ4v) is 1.25. The number of halogens is 6. The Bertz CT molecular complexity index is 406. The average molecular weight is 258 g/mol. The highest BCUT2D eigenvalue weighted by Crippen LogP contribution is 2.40. The van der Waals surface area contributed by atoms with Gasteiger partial charge in [0.05, 0.1) is 11.5 Å². The standard InChI is InChI=1S/C10H8F6O/c1-5(9(11,12)13)6-2-3-7(8(17)4-6)10(14,15)16/h2-5,17H,1H3. The maximum Gasteiger partial charge on any atom is 0.419 e. The summed E-state index contributed by atoms with van der Waals surface area (Å²) >= 11 is 0. The third kappa shape index (κ3) is 3.04. The molecule has 0 saturated heterocycles. The van der Waals surface area contributed by atoms with Crippen LogP contribution in [0.15, 0.2) is 18.2 Å². The van der Waals surface area contributed by atoms with Crippen LogP contribution >= 0.6 is 0 Å². The van der Waals surface area contributed by atoms with Crippen LogP contribution in [0.25, 0.3) is 0 Å². The van der Waals surface area contributed by atoms with E-state index in [1.807, 2.05) is 0 Å². The van der Waals surface area contributed by atoms with Crippen molar-refractivity contribution >= 4 is 0 Å². The molecule has 0 aromatic heterocycles. The van der Waals surface area contributed by atoms with Crippen molar-refractivity contribution in [1.82, 2.24) is 0 Å². The van der Waals surface area contributed by atoms with Gasteiger partial charge in [0.2, 0.25) is 0 Å². The quantitative estimate of drug-likeness (QED) is 0.752. The highest BCUT2D eigenvalue weighted by Gasteiger charge is 2.39. The smallest absolute Gasteiger partial charge is 0.419 e. The summed E-state index contributed by atoms with van der Waals surface area (Å²) in [6.07, 6.45) is -9.35. The van der Waals surface area contributed by atoms with Crippen LogP contribution in [0.4, 0.5) is 26.3 Å². The largest absolute Gasteiger partial charge is 0.507 e. The number of rotatable bonds is 1. The summed E-state index contributed by atoms with van der Waals surface area (Å²) in [5, 5.41) is 9.05. The summed E-state index contributed by atoms with van der Waals surface area (Å²) in [4.78, 5) is 0. The van der Waals surface area contributed by atoms with E-state index in [-0.39, 0.29) is 0 Å². The summed E-state index contributed by atoms with van der Waals surface area (Å²) in [5.41, 5.74) is -1.77. The van der Waals surface area contributed by atoms with Crippen molar-refractivity contribution in [3.05, 3.63) is 29.3 Å². The van der Waals surface area contributed by atoms with Crippen LogP contribution in [-0.2, 0) is 6.18 Å². The zero-order valence-electron chi connectivity index (χ0n) is 8.52. The first-order chi connectivity index (χ1) is 7.53. The molecule has 0 amide bonds. The lowest BCUT2D eigenvalue weighted by atomic mass is 9.98. The van der Waals surface area contributed by atoms with Crippen LogP contribution in [0.3, 0.4) is 0 Å². The van der Waals surface area contributed by atoms with E-state index in [4.69, 9.17) is 5.11 Å². The molecular formula is C10H8F6O. The van der Waals surface area contributed by atoms with E-state index in [1.54, 1.807) is 0 Å². The van der Waals surface area contributed by atoms with Crippen LogP contribution in [-0.4, -0.2) is 11.3 Å². The van der Waals surface area contributed by atoms with Crippen LogP contribution < -0.4 is 0 Å². The van der Waals surface area contributed by atoms with E-state index in [1.165, 1.54) is 0 Å². The molecule has 0 radical (unpaired) electrons. The number of phenolic OH excluding ortho intramolecular Hbond substituents is 1. The van der Waals surface area contributed by atoms with Gasteiger partial charge in [0.1, 0.15) is 5.75 Å². The number of phenols is 1. The van der Waals surface area contributed by atoms with E-state index in [9.17, 15) is 26.3 Å². The first kappa shape index (κ1) is 13.7. The van der Waals surface area contributed by atoms with Crippen molar-refractivity contribution in [2.24, 2.45) is 0 Å². The molecule has 0 aliphatic carbocycles. The zero-order valence-corrected chi connectivity index (χ0v) is 8.52. The van der Waals surface area contributed by atoms with Gasteiger partial charge in [0, 0.05) is 0 Å². The second-order valence-corrected chi connectivity index (χ2v) is 3.54. The first-order valence-electron chi connectivity index (χ1n) is 4.50. The predicted molar refractivity (Wildman–Crippen MR) is 47.6 cm³/mol. The molecule has 7 heteroatoms. The minimum atomic E-state index is -4.79. The Labute approximate surface area is 92.7 Å². The van der Waals surface area contributed by atoms with Crippen LogP contribution in [0, 0.1) is 0 Å². The Balaban J connectivity index is 3.14. The van der Waals surface area contributed by atoms with Crippen molar-refractivity contribution in [2.75, 3.05) is 0 Å². The maximum absolute atomic E-state index is 12.3. The third-order valence-electron chi connectivity index (χ3n) is 2.32. The zero-order chi connectivity index (χ0) is 13.4. The molecule has 1 aromatic rings. The maximum atomic E-state index is 12.3. The average Bonchev–Trinajstić information content (AvgIpc) is 2.12. The number of alkyl halides is 6. The summed E-state index contributed by atoms with van der Waals surface area (Å²) in [6.45, 7) is 0.808. The molecular weight excluding hydrogens is 250 g/mol. The van der Waals surface area contributed by atoms with E-state index >= 15 is 0 Å². The minimum Gasteiger partial charge on any atom is -0.507 e. The molecule has 0 spiro atoms. The first-order valence-corrected chi connectivity index (χ1v) is 4.50.